The quantitative estimate of drug-likeness (QED) is 0.856. The molecule has 0 unspecified atom stereocenters. The maximum atomic E-state index is 12.5. The van der Waals surface area contributed by atoms with E-state index in [1.807, 2.05) is 0 Å². The lowest BCUT2D eigenvalue weighted by molar-refractivity contribution is -0.134. The van der Waals surface area contributed by atoms with Gasteiger partial charge in [-0.3, -0.25) is 15.0 Å². The number of hydrazine groups is 1. The minimum atomic E-state index is -0.415. The molecule has 0 bridgehead atoms. The Hall–Kier alpha value is -3.28. The minimum Gasteiger partial charge on any atom is -0.497 e. The van der Waals surface area contributed by atoms with Gasteiger partial charge in [-0.05, 0) is 42.0 Å². The average Bonchev–Trinajstić information content (AvgIpc) is 2.90. The molecule has 0 fully saturated rings. The number of hydrogen-bond acceptors (Lipinski definition) is 5. The maximum absolute atomic E-state index is 12.5. The van der Waals surface area contributed by atoms with Crippen molar-refractivity contribution in [2.75, 3.05) is 19.6 Å². The first-order chi connectivity index (χ1) is 11.6. The number of nitrogens with zero attached hydrogens (tertiary/aromatic N) is 1. The molecule has 2 aromatic carbocycles. The van der Waals surface area contributed by atoms with Crippen molar-refractivity contribution in [2.45, 2.75) is 0 Å². The Kier molecular flexibility index (Phi) is 4.20. The molecule has 0 saturated heterocycles. The molecular formula is C18H16N2O4. The molecule has 6 nitrogen and oxygen atoms in total. The molecule has 0 aliphatic carbocycles. The lowest BCUT2D eigenvalue weighted by Gasteiger charge is -2.17. The predicted molar refractivity (Wildman–Crippen MR) is 89.4 cm³/mol. The molecule has 2 aromatic rings. The van der Waals surface area contributed by atoms with Gasteiger partial charge in [0.15, 0.2) is 0 Å². The summed E-state index contributed by atoms with van der Waals surface area (Å²) in [4.78, 5) is 24.7. The number of benzene rings is 2. The van der Waals surface area contributed by atoms with Crippen LogP contribution < -0.4 is 14.9 Å². The normalized spacial score (nSPS) is 13.8. The molecule has 122 valence electrons. The Labute approximate surface area is 139 Å². The molecule has 6 heteroatoms. The monoisotopic (exact) mass is 324 g/mol. The highest BCUT2D eigenvalue weighted by Gasteiger charge is 2.32. The lowest BCUT2D eigenvalue weighted by atomic mass is 10.1. The zero-order valence-corrected chi connectivity index (χ0v) is 13.3. The molecular weight excluding hydrogens is 308 g/mol. The zero-order valence-electron chi connectivity index (χ0n) is 13.3. The molecule has 1 aliphatic rings. The van der Waals surface area contributed by atoms with Crippen LogP contribution in [0.5, 0.6) is 11.5 Å². The molecule has 0 spiro atoms. The van der Waals surface area contributed by atoms with Crippen molar-refractivity contribution in [3.05, 3.63) is 60.2 Å². The van der Waals surface area contributed by atoms with E-state index >= 15 is 0 Å². The molecule has 1 aliphatic heterocycles. The van der Waals surface area contributed by atoms with Crippen LogP contribution in [0.1, 0.15) is 5.56 Å². The van der Waals surface area contributed by atoms with E-state index in [1.165, 1.54) is 6.08 Å². The number of anilines is 1. The maximum Gasteiger partial charge on any atom is 0.280 e. The van der Waals surface area contributed by atoms with Crippen LogP contribution in [0.25, 0.3) is 5.57 Å². The highest BCUT2D eigenvalue weighted by molar-refractivity contribution is 6.33. The van der Waals surface area contributed by atoms with E-state index in [0.29, 0.717) is 28.3 Å². The van der Waals surface area contributed by atoms with Gasteiger partial charge in [0.1, 0.15) is 11.5 Å². The topological polar surface area (TPSA) is 67.9 Å². The van der Waals surface area contributed by atoms with Crippen LogP contribution in [0, 0.1) is 0 Å². The van der Waals surface area contributed by atoms with Crippen LogP contribution in [0.2, 0.25) is 0 Å². The number of carbonyl (C=O) groups is 2. The first-order valence-electron chi connectivity index (χ1n) is 7.27. The summed E-state index contributed by atoms with van der Waals surface area (Å²) >= 11 is 0. The fourth-order valence-electron chi connectivity index (χ4n) is 2.35. The summed E-state index contributed by atoms with van der Waals surface area (Å²) in [6, 6.07) is 13.9. The number of amides is 2. The minimum absolute atomic E-state index is 0.337. The Bertz CT molecular complexity index is 795. The first kappa shape index (κ1) is 15.6. The van der Waals surface area contributed by atoms with Gasteiger partial charge >= 0.3 is 0 Å². The second-order valence-corrected chi connectivity index (χ2v) is 5.11. The van der Waals surface area contributed by atoms with E-state index in [1.54, 1.807) is 62.8 Å². The van der Waals surface area contributed by atoms with E-state index in [-0.39, 0.29) is 0 Å². The summed E-state index contributed by atoms with van der Waals surface area (Å²) in [6.45, 7) is 0. The van der Waals surface area contributed by atoms with Gasteiger partial charge in [-0.2, -0.15) is 5.01 Å². The predicted octanol–water partition coefficient (Wildman–Crippen LogP) is 2.48. The van der Waals surface area contributed by atoms with Crippen molar-refractivity contribution in [1.29, 1.82) is 0 Å². The number of methoxy groups -OCH3 is 2. The van der Waals surface area contributed by atoms with Crippen LogP contribution in [0.3, 0.4) is 0 Å². The number of imide groups is 1. The Balaban J connectivity index is 1.77. The highest BCUT2D eigenvalue weighted by Crippen LogP contribution is 2.26. The van der Waals surface area contributed by atoms with Crippen molar-refractivity contribution in [1.82, 2.24) is 5.01 Å². The van der Waals surface area contributed by atoms with Crippen LogP contribution in [0.4, 0.5) is 5.69 Å². The van der Waals surface area contributed by atoms with E-state index < -0.39 is 11.8 Å². The largest absolute Gasteiger partial charge is 0.497 e. The number of carbonyl (C=O) groups excluding carboxylic acids is 2. The van der Waals surface area contributed by atoms with Gasteiger partial charge < -0.3 is 9.47 Å². The Morgan fingerprint density at radius 1 is 0.833 bits per heavy atom. The van der Waals surface area contributed by atoms with Crippen molar-refractivity contribution >= 4 is 23.1 Å². The second-order valence-electron chi connectivity index (χ2n) is 5.11. The van der Waals surface area contributed by atoms with E-state index in [9.17, 15) is 9.59 Å². The number of ether oxygens (including phenoxy) is 2. The summed E-state index contributed by atoms with van der Waals surface area (Å²) in [5.41, 5.74) is 4.43. The van der Waals surface area contributed by atoms with Crippen molar-refractivity contribution in [3.63, 3.8) is 0 Å². The smallest absolute Gasteiger partial charge is 0.280 e. The van der Waals surface area contributed by atoms with E-state index in [4.69, 9.17) is 9.47 Å². The number of rotatable bonds is 5. The molecule has 24 heavy (non-hydrogen) atoms. The zero-order chi connectivity index (χ0) is 17.1. The van der Waals surface area contributed by atoms with E-state index in [2.05, 4.69) is 5.43 Å². The third-order valence-electron chi connectivity index (χ3n) is 3.65. The summed E-state index contributed by atoms with van der Waals surface area (Å²) in [5.74, 6) is 0.559. The Morgan fingerprint density at radius 2 is 1.38 bits per heavy atom. The molecule has 0 atom stereocenters. The van der Waals surface area contributed by atoms with Gasteiger partial charge in [0.05, 0.1) is 25.5 Å². The Morgan fingerprint density at radius 3 is 1.92 bits per heavy atom. The molecule has 3 rings (SSSR count). The average molecular weight is 324 g/mol. The van der Waals surface area contributed by atoms with Gasteiger partial charge in [0.25, 0.3) is 11.8 Å². The van der Waals surface area contributed by atoms with Gasteiger partial charge in [-0.25, -0.2) is 0 Å². The SMILES string of the molecule is COc1ccc(NN2C(=O)C=C(c3ccc(OC)cc3)C2=O)cc1. The summed E-state index contributed by atoms with van der Waals surface area (Å²) in [7, 11) is 3.14. The van der Waals surface area contributed by atoms with Gasteiger partial charge in [-0.15, -0.1) is 0 Å². The third kappa shape index (κ3) is 2.94. The molecule has 2 amide bonds. The van der Waals surface area contributed by atoms with Crippen LogP contribution in [-0.2, 0) is 9.59 Å². The summed E-state index contributed by atoms with van der Waals surface area (Å²) < 4.78 is 10.2. The molecule has 0 saturated carbocycles. The van der Waals surface area contributed by atoms with Crippen LogP contribution >= 0.6 is 0 Å². The highest BCUT2D eigenvalue weighted by atomic mass is 16.5. The summed E-state index contributed by atoms with van der Waals surface area (Å²) in [5, 5.41) is 0.987. The molecule has 0 aromatic heterocycles. The molecule has 1 heterocycles. The first-order valence-corrected chi connectivity index (χ1v) is 7.27. The van der Waals surface area contributed by atoms with Crippen molar-refractivity contribution in [3.8, 4) is 11.5 Å². The molecule has 1 N–H and O–H groups in total. The van der Waals surface area contributed by atoms with Gasteiger partial charge in [0.2, 0.25) is 0 Å². The van der Waals surface area contributed by atoms with Crippen molar-refractivity contribution in [2.24, 2.45) is 0 Å². The second kappa shape index (κ2) is 6.45. The number of hydrogen-bond donors (Lipinski definition) is 1. The fourth-order valence-corrected chi connectivity index (χ4v) is 2.35. The molecule has 0 radical (unpaired) electrons. The number of nitrogens with one attached hydrogen (secondary N) is 1. The van der Waals surface area contributed by atoms with Crippen molar-refractivity contribution < 1.29 is 19.1 Å². The third-order valence-corrected chi connectivity index (χ3v) is 3.65. The fraction of sp³-hybridized carbons (Fsp3) is 0.111. The lowest BCUT2D eigenvalue weighted by Crippen LogP contribution is -2.36. The van der Waals surface area contributed by atoms with Gasteiger partial charge in [0, 0.05) is 6.08 Å². The summed E-state index contributed by atoms with van der Waals surface area (Å²) in [6.07, 6.45) is 1.32. The van der Waals surface area contributed by atoms with Gasteiger partial charge in [-0.1, -0.05) is 12.1 Å². The van der Waals surface area contributed by atoms with E-state index in [0.717, 1.165) is 5.01 Å². The standard InChI is InChI=1S/C18H16N2O4/c1-23-14-7-3-12(4-8-14)16-11-17(21)20(18(16)22)19-13-5-9-15(24-2)10-6-13/h3-11,19H,1-2H3. The van der Waals surface area contributed by atoms with Crippen LogP contribution in [0.15, 0.2) is 54.6 Å². The van der Waals surface area contributed by atoms with Crippen LogP contribution in [-0.4, -0.2) is 31.0 Å².